The van der Waals surface area contributed by atoms with Crippen molar-refractivity contribution in [2.45, 2.75) is 19.8 Å². The second-order valence-electron chi connectivity index (χ2n) is 4.74. The van der Waals surface area contributed by atoms with Gasteiger partial charge in [0, 0.05) is 18.7 Å². The van der Waals surface area contributed by atoms with Crippen molar-refractivity contribution in [3.05, 3.63) is 33.9 Å². The molecule has 1 fully saturated rings. The molecule has 0 amide bonds. The van der Waals surface area contributed by atoms with Crippen molar-refractivity contribution in [1.29, 1.82) is 0 Å². The van der Waals surface area contributed by atoms with E-state index in [1.54, 1.807) is 0 Å². The minimum absolute atomic E-state index is 0.0926. The lowest BCUT2D eigenvalue weighted by Gasteiger charge is -2.12. The first kappa shape index (κ1) is 12.7. The molecule has 0 radical (unpaired) electrons. The van der Waals surface area contributed by atoms with Crippen LogP contribution in [-0.2, 0) is 0 Å². The molecule has 98 valence electrons. The van der Waals surface area contributed by atoms with Crippen LogP contribution in [0, 0.1) is 33.6 Å². The number of halogens is 2. The van der Waals surface area contributed by atoms with Crippen LogP contribution >= 0.6 is 0 Å². The molecule has 1 aliphatic carbocycles. The van der Waals surface area contributed by atoms with Crippen molar-refractivity contribution in [1.82, 2.24) is 0 Å². The Morgan fingerprint density at radius 3 is 2.72 bits per heavy atom. The van der Waals surface area contributed by atoms with E-state index in [9.17, 15) is 18.9 Å². The van der Waals surface area contributed by atoms with E-state index < -0.39 is 22.2 Å². The van der Waals surface area contributed by atoms with Crippen LogP contribution in [0.15, 0.2) is 12.1 Å². The number of nitro benzene ring substituents is 1. The second kappa shape index (κ2) is 4.88. The van der Waals surface area contributed by atoms with Gasteiger partial charge in [0.1, 0.15) is 11.5 Å². The molecule has 0 heterocycles. The summed E-state index contributed by atoms with van der Waals surface area (Å²) in [6.45, 7) is 2.50. The lowest BCUT2D eigenvalue weighted by atomic mass is 10.1. The molecular weight excluding hydrogens is 242 g/mol. The van der Waals surface area contributed by atoms with Gasteiger partial charge in [-0.3, -0.25) is 10.1 Å². The van der Waals surface area contributed by atoms with Crippen molar-refractivity contribution >= 4 is 11.4 Å². The molecule has 0 aliphatic heterocycles. The zero-order valence-corrected chi connectivity index (χ0v) is 9.95. The summed E-state index contributed by atoms with van der Waals surface area (Å²) in [4.78, 5) is 9.91. The van der Waals surface area contributed by atoms with Gasteiger partial charge >= 0.3 is 5.69 Å². The van der Waals surface area contributed by atoms with Crippen LogP contribution in [0.5, 0.6) is 0 Å². The van der Waals surface area contributed by atoms with Crippen molar-refractivity contribution in [3.63, 3.8) is 0 Å². The number of hydrogen-bond acceptors (Lipinski definition) is 3. The molecule has 18 heavy (non-hydrogen) atoms. The maximum absolute atomic E-state index is 13.3. The Balaban J connectivity index is 2.16. The van der Waals surface area contributed by atoms with E-state index in [2.05, 4.69) is 5.32 Å². The third-order valence-corrected chi connectivity index (χ3v) is 3.25. The standard InChI is InChI=1S/C12H14F2N2O2/c1-7(8-2-3-8)6-15-11-5-9(13)4-10(14)12(11)16(17)18/h4-5,7-8,15H,2-3,6H2,1H3. The summed E-state index contributed by atoms with van der Waals surface area (Å²) in [6, 6.07) is 1.48. The van der Waals surface area contributed by atoms with Crippen molar-refractivity contribution in [2.75, 3.05) is 11.9 Å². The van der Waals surface area contributed by atoms with E-state index >= 15 is 0 Å². The first-order valence-corrected chi connectivity index (χ1v) is 5.86. The molecule has 0 spiro atoms. The maximum Gasteiger partial charge on any atom is 0.327 e. The van der Waals surface area contributed by atoms with Gasteiger partial charge in [-0.15, -0.1) is 0 Å². The van der Waals surface area contributed by atoms with Crippen LogP contribution in [0.4, 0.5) is 20.2 Å². The summed E-state index contributed by atoms with van der Waals surface area (Å²) in [5, 5.41) is 13.5. The van der Waals surface area contributed by atoms with Gasteiger partial charge < -0.3 is 5.32 Å². The van der Waals surface area contributed by atoms with Crippen LogP contribution in [0.1, 0.15) is 19.8 Å². The molecular formula is C12H14F2N2O2. The fraction of sp³-hybridized carbons (Fsp3) is 0.500. The zero-order valence-electron chi connectivity index (χ0n) is 9.95. The molecule has 1 unspecified atom stereocenters. The van der Waals surface area contributed by atoms with Crippen molar-refractivity contribution in [2.24, 2.45) is 11.8 Å². The van der Waals surface area contributed by atoms with E-state index in [1.807, 2.05) is 6.92 Å². The molecule has 4 nitrogen and oxygen atoms in total. The quantitative estimate of drug-likeness (QED) is 0.649. The molecule has 1 aromatic carbocycles. The number of nitrogens with one attached hydrogen (secondary N) is 1. The molecule has 0 aromatic heterocycles. The minimum atomic E-state index is -1.15. The van der Waals surface area contributed by atoms with Gasteiger partial charge in [0.05, 0.1) is 4.92 Å². The van der Waals surface area contributed by atoms with E-state index in [4.69, 9.17) is 0 Å². The zero-order chi connectivity index (χ0) is 13.3. The van der Waals surface area contributed by atoms with Crippen LogP contribution < -0.4 is 5.32 Å². The molecule has 1 atom stereocenters. The number of nitro groups is 1. The first-order chi connectivity index (χ1) is 8.49. The molecule has 2 rings (SSSR count). The first-order valence-electron chi connectivity index (χ1n) is 5.86. The Hall–Kier alpha value is -1.72. The molecule has 1 saturated carbocycles. The highest BCUT2D eigenvalue weighted by Gasteiger charge is 2.28. The smallest absolute Gasteiger partial charge is 0.327 e. The van der Waals surface area contributed by atoms with Gasteiger partial charge in [0.2, 0.25) is 5.82 Å². The summed E-state index contributed by atoms with van der Waals surface area (Å²) in [7, 11) is 0. The fourth-order valence-electron chi connectivity index (χ4n) is 1.99. The van der Waals surface area contributed by atoms with E-state index in [1.165, 1.54) is 0 Å². The van der Waals surface area contributed by atoms with Crippen molar-refractivity contribution in [3.8, 4) is 0 Å². The van der Waals surface area contributed by atoms with Crippen LogP contribution in [0.3, 0.4) is 0 Å². The predicted molar refractivity (Wildman–Crippen MR) is 63.4 cm³/mol. The third kappa shape index (κ3) is 2.75. The van der Waals surface area contributed by atoms with Gasteiger partial charge in [0.25, 0.3) is 0 Å². The van der Waals surface area contributed by atoms with Crippen LogP contribution in [-0.4, -0.2) is 11.5 Å². The Kier molecular flexibility index (Phi) is 3.45. The minimum Gasteiger partial charge on any atom is -0.379 e. The highest BCUT2D eigenvalue weighted by Crippen LogP contribution is 2.37. The molecule has 6 heteroatoms. The van der Waals surface area contributed by atoms with E-state index in [0.717, 1.165) is 18.9 Å². The molecule has 1 aliphatic rings. The van der Waals surface area contributed by atoms with Gasteiger partial charge in [-0.2, -0.15) is 4.39 Å². The summed E-state index contributed by atoms with van der Waals surface area (Å²) in [5.41, 5.74) is -0.788. The lowest BCUT2D eigenvalue weighted by molar-refractivity contribution is -0.386. The molecule has 0 bridgehead atoms. The number of rotatable bonds is 5. The Morgan fingerprint density at radius 1 is 1.50 bits per heavy atom. The molecule has 1 aromatic rings. The normalized spacial score (nSPS) is 16.4. The lowest BCUT2D eigenvalue weighted by Crippen LogP contribution is -2.14. The highest BCUT2D eigenvalue weighted by molar-refractivity contribution is 5.62. The van der Waals surface area contributed by atoms with Gasteiger partial charge in [-0.05, 0) is 24.7 Å². The predicted octanol–water partition coefficient (Wildman–Crippen LogP) is 3.33. The number of benzene rings is 1. The average molecular weight is 256 g/mol. The van der Waals surface area contributed by atoms with Crippen molar-refractivity contribution < 1.29 is 13.7 Å². The fourth-order valence-corrected chi connectivity index (χ4v) is 1.99. The number of hydrogen-bond donors (Lipinski definition) is 1. The summed E-state index contributed by atoms with van der Waals surface area (Å²) < 4.78 is 26.4. The monoisotopic (exact) mass is 256 g/mol. The topological polar surface area (TPSA) is 55.2 Å². The van der Waals surface area contributed by atoms with Gasteiger partial charge in [0.15, 0.2) is 0 Å². The Labute approximate surface area is 103 Å². The Morgan fingerprint density at radius 2 is 2.17 bits per heavy atom. The second-order valence-corrected chi connectivity index (χ2v) is 4.74. The number of anilines is 1. The number of nitrogens with zero attached hydrogens (tertiary/aromatic N) is 1. The van der Waals surface area contributed by atoms with Gasteiger partial charge in [-0.1, -0.05) is 6.92 Å². The summed E-state index contributed by atoms with van der Waals surface area (Å²) >= 11 is 0. The molecule has 0 saturated heterocycles. The van der Waals surface area contributed by atoms with E-state index in [0.29, 0.717) is 24.4 Å². The van der Waals surface area contributed by atoms with E-state index in [-0.39, 0.29) is 5.69 Å². The third-order valence-electron chi connectivity index (χ3n) is 3.25. The summed E-state index contributed by atoms with van der Waals surface area (Å²) in [5.74, 6) is -1.01. The van der Waals surface area contributed by atoms with Crippen LogP contribution in [0.2, 0.25) is 0 Å². The largest absolute Gasteiger partial charge is 0.379 e. The molecule has 1 N–H and O–H groups in total. The van der Waals surface area contributed by atoms with Crippen LogP contribution in [0.25, 0.3) is 0 Å². The SMILES string of the molecule is CC(CNc1cc(F)cc(F)c1[N+](=O)[O-])C1CC1. The average Bonchev–Trinajstić information content (AvgIpc) is 3.07. The Bertz CT molecular complexity index is 475. The highest BCUT2D eigenvalue weighted by atomic mass is 19.1. The summed E-state index contributed by atoms with van der Waals surface area (Å²) in [6.07, 6.45) is 2.31. The maximum atomic E-state index is 13.3. The van der Waals surface area contributed by atoms with Gasteiger partial charge in [-0.25, -0.2) is 4.39 Å².